The Kier molecular flexibility index (Phi) is 5.03. The molecule has 29 heavy (non-hydrogen) atoms. The molecular formula is C18H22FN7O3. The van der Waals surface area contributed by atoms with Crippen LogP contribution in [0.2, 0.25) is 0 Å². The Hall–Kier alpha value is -2.89. The number of nitrogens with one attached hydrogen (secondary N) is 2. The number of nitrogens with zero attached hydrogens (tertiary/aromatic N) is 5. The number of aliphatic hydroxyl groups is 2. The van der Waals surface area contributed by atoms with E-state index in [0.29, 0.717) is 29.5 Å². The Morgan fingerprint density at radius 3 is 2.79 bits per heavy atom. The molecule has 1 aliphatic heterocycles. The number of hydrogen-bond donors (Lipinski definition) is 4. The lowest BCUT2D eigenvalue weighted by Gasteiger charge is -2.24. The summed E-state index contributed by atoms with van der Waals surface area (Å²) in [5.74, 6) is 0.752. The first kappa shape index (κ1) is 19.4. The van der Waals surface area contributed by atoms with E-state index >= 15 is 4.39 Å². The van der Waals surface area contributed by atoms with E-state index in [1.54, 1.807) is 13.2 Å². The van der Waals surface area contributed by atoms with Gasteiger partial charge in [-0.05, 0) is 19.1 Å². The van der Waals surface area contributed by atoms with Crippen molar-refractivity contribution in [1.29, 1.82) is 0 Å². The highest BCUT2D eigenvalue weighted by Gasteiger charge is 2.55. The molecule has 4 rings (SSSR count). The molecule has 1 aliphatic rings. The molecule has 0 bridgehead atoms. The lowest BCUT2D eigenvalue weighted by Crippen LogP contribution is -2.40. The molecule has 10 nitrogen and oxygen atoms in total. The highest BCUT2D eigenvalue weighted by molar-refractivity contribution is 5.84. The fourth-order valence-electron chi connectivity index (χ4n) is 3.38. The first-order chi connectivity index (χ1) is 14.0. The molecular weight excluding hydrogens is 381 g/mol. The smallest absolute Gasteiger partial charge is 0.227 e. The van der Waals surface area contributed by atoms with Gasteiger partial charge in [-0.1, -0.05) is 6.07 Å². The predicted molar refractivity (Wildman–Crippen MR) is 103 cm³/mol. The van der Waals surface area contributed by atoms with Gasteiger partial charge in [0.15, 0.2) is 28.9 Å². The van der Waals surface area contributed by atoms with Crippen LogP contribution < -0.4 is 10.6 Å². The van der Waals surface area contributed by atoms with E-state index in [1.807, 2.05) is 18.2 Å². The highest BCUT2D eigenvalue weighted by atomic mass is 19.1. The molecule has 0 aliphatic carbocycles. The van der Waals surface area contributed by atoms with E-state index in [2.05, 4.69) is 30.6 Å². The van der Waals surface area contributed by atoms with Gasteiger partial charge in [0.1, 0.15) is 12.2 Å². The molecule has 0 saturated carbocycles. The summed E-state index contributed by atoms with van der Waals surface area (Å²) in [4.78, 5) is 17.4. The molecule has 1 saturated heterocycles. The van der Waals surface area contributed by atoms with Crippen molar-refractivity contribution < 1.29 is 19.3 Å². The third kappa shape index (κ3) is 3.37. The number of anilines is 2. The average molecular weight is 403 g/mol. The molecule has 0 spiro atoms. The Morgan fingerprint density at radius 1 is 1.31 bits per heavy atom. The van der Waals surface area contributed by atoms with Crippen LogP contribution in [0.25, 0.3) is 11.2 Å². The Balaban J connectivity index is 1.71. The maximum absolute atomic E-state index is 15.2. The van der Waals surface area contributed by atoms with Crippen LogP contribution in [0.1, 0.15) is 18.8 Å². The summed E-state index contributed by atoms with van der Waals surface area (Å²) >= 11 is 0. The van der Waals surface area contributed by atoms with Crippen LogP contribution in [0, 0.1) is 0 Å². The van der Waals surface area contributed by atoms with E-state index in [9.17, 15) is 10.2 Å². The van der Waals surface area contributed by atoms with E-state index in [1.165, 1.54) is 17.8 Å². The lowest BCUT2D eigenvalue weighted by molar-refractivity contribution is -0.0566. The van der Waals surface area contributed by atoms with Crippen molar-refractivity contribution in [1.82, 2.24) is 24.5 Å². The van der Waals surface area contributed by atoms with Crippen molar-refractivity contribution in [2.45, 2.75) is 37.6 Å². The van der Waals surface area contributed by atoms with Crippen LogP contribution in [-0.4, -0.2) is 66.2 Å². The molecule has 3 aromatic rings. The van der Waals surface area contributed by atoms with Gasteiger partial charge in [-0.3, -0.25) is 9.55 Å². The van der Waals surface area contributed by atoms with Gasteiger partial charge in [-0.2, -0.15) is 9.97 Å². The number of pyridine rings is 1. The molecule has 1 fully saturated rings. The third-order valence-corrected chi connectivity index (χ3v) is 4.96. The fraction of sp³-hybridized carbons (Fsp3) is 0.444. The molecule has 0 radical (unpaired) electrons. The van der Waals surface area contributed by atoms with Crippen LogP contribution in [0.5, 0.6) is 0 Å². The van der Waals surface area contributed by atoms with Crippen LogP contribution in [0.4, 0.5) is 16.2 Å². The Morgan fingerprint density at radius 2 is 2.14 bits per heavy atom. The molecule has 4 heterocycles. The number of aromatic nitrogens is 5. The zero-order valence-electron chi connectivity index (χ0n) is 15.9. The normalized spacial score (nSPS) is 26.7. The van der Waals surface area contributed by atoms with Gasteiger partial charge < -0.3 is 25.6 Å². The highest BCUT2D eigenvalue weighted by Crippen LogP contribution is 2.42. The maximum atomic E-state index is 15.2. The topological polar surface area (TPSA) is 130 Å². The van der Waals surface area contributed by atoms with Crippen molar-refractivity contribution in [2.24, 2.45) is 0 Å². The summed E-state index contributed by atoms with van der Waals surface area (Å²) in [6.45, 7) is 1.12. The Bertz CT molecular complexity index is 998. The van der Waals surface area contributed by atoms with Crippen LogP contribution >= 0.6 is 0 Å². The van der Waals surface area contributed by atoms with Crippen LogP contribution in [-0.2, 0) is 11.3 Å². The Labute approximate surface area is 165 Å². The van der Waals surface area contributed by atoms with E-state index in [0.717, 1.165) is 5.69 Å². The minimum Gasteiger partial charge on any atom is -0.394 e. The van der Waals surface area contributed by atoms with Crippen molar-refractivity contribution in [2.75, 3.05) is 24.3 Å². The van der Waals surface area contributed by atoms with Crippen LogP contribution in [0.3, 0.4) is 0 Å². The number of ether oxygens (including phenoxy) is 1. The van der Waals surface area contributed by atoms with Crippen LogP contribution in [0.15, 0.2) is 30.7 Å². The summed E-state index contributed by atoms with van der Waals surface area (Å²) < 4.78 is 22.2. The quantitative estimate of drug-likeness (QED) is 0.473. The first-order valence-electron chi connectivity index (χ1n) is 9.15. The SMILES string of the molecule is CNc1nc(NCc2ccccn2)nc2c1ncn2[C@@H]1O[C@H](CO)[C@@H](O)[C@@]1(C)F. The van der Waals surface area contributed by atoms with Gasteiger partial charge in [0.05, 0.1) is 25.2 Å². The minimum atomic E-state index is -2.15. The monoisotopic (exact) mass is 403 g/mol. The second-order valence-corrected chi connectivity index (χ2v) is 6.95. The van der Waals surface area contributed by atoms with Gasteiger partial charge in [0, 0.05) is 13.2 Å². The van der Waals surface area contributed by atoms with E-state index < -0.39 is 30.7 Å². The zero-order valence-corrected chi connectivity index (χ0v) is 15.9. The molecule has 4 N–H and O–H groups in total. The molecule has 4 atom stereocenters. The van der Waals surface area contributed by atoms with E-state index in [4.69, 9.17) is 4.74 Å². The molecule has 0 unspecified atom stereocenters. The number of alkyl halides is 1. The number of fused-ring (bicyclic) bond motifs is 1. The van der Waals surface area contributed by atoms with Gasteiger partial charge in [-0.25, -0.2) is 9.37 Å². The van der Waals surface area contributed by atoms with Crippen molar-refractivity contribution >= 4 is 22.9 Å². The van der Waals surface area contributed by atoms with Crippen molar-refractivity contribution in [3.05, 3.63) is 36.4 Å². The molecule has 0 aromatic carbocycles. The molecule has 11 heteroatoms. The predicted octanol–water partition coefficient (Wildman–Crippen LogP) is 0.854. The number of aliphatic hydroxyl groups excluding tert-OH is 2. The van der Waals surface area contributed by atoms with Crippen molar-refractivity contribution in [3.8, 4) is 0 Å². The number of halogens is 1. The number of rotatable bonds is 6. The molecule has 154 valence electrons. The van der Waals surface area contributed by atoms with Crippen molar-refractivity contribution in [3.63, 3.8) is 0 Å². The van der Waals surface area contributed by atoms with Gasteiger partial charge >= 0.3 is 0 Å². The summed E-state index contributed by atoms with van der Waals surface area (Å²) in [5.41, 5.74) is -0.585. The first-order valence-corrected chi connectivity index (χ1v) is 9.15. The van der Waals surface area contributed by atoms with Gasteiger partial charge in [0.2, 0.25) is 5.95 Å². The fourth-order valence-corrected chi connectivity index (χ4v) is 3.38. The number of hydrogen-bond acceptors (Lipinski definition) is 9. The largest absolute Gasteiger partial charge is 0.394 e. The minimum absolute atomic E-state index is 0.298. The maximum Gasteiger partial charge on any atom is 0.227 e. The summed E-state index contributed by atoms with van der Waals surface area (Å²) in [5, 5.41) is 25.6. The average Bonchev–Trinajstić information content (AvgIpc) is 3.25. The molecule has 3 aromatic heterocycles. The second kappa shape index (κ2) is 7.50. The third-order valence-electron chi connectivity index (χ3n) is 4.96. The second-order valence-electron chi connectivity index (χ2n) is 6.95. The molecule has 0 amide bonds. The summed E-state index contributed by atoms with van der Waals surface area (Å²) in [7, 11) is 1.69. The van der Waals surface area contributed by atoms with E-state index in [-0.39, 0.29) is 0 Å². The lowest BCUT2D eigenvalue weighted by atomic mass is 9.98. The number of imidazole rings is 1. The standard InChI is InChI=1S/C18H22FN7O3/c1-18(19)13(28)11(8-27)29-16(18)26-9-23-12-14(20-2)24-17(25-15(12)26)22-7-10-5-3-4-6-21-10/h3-6,9,11,13,16,27-28H,7-8H2,1-2H3,(H2,20,22,24,25)/t11-,13-,16-,18-/m1/s1. The summed E-state index contributed by atoms with van der Waals surface area (Å²) in [6, 6.07) is 5.57. The summed E-state index contributed by atoms with van der Waals surface area (Å²) in [6.07, 6.45) is -0.653. The van der Waals surface area contributed by atoms with Gasteiger partial charge in [-0.15, -0.1) is 0 Å². The zero-order chi connectivity index (χ0) is 20.6. The van der Waals surface area contributed by atoms with Gasteiger partial charge in [0.25, 0.3) is 0 Å².